The highest BCUT2D eigenvalue weighted by atomic mass is 35.5. The van der Waals surface area contributed by atoms with Gasteiger partial charge in [-0.1, -0.05) is 11.6 Å². The van der Waals surface area contributed by atoms with Crippen LogP contribution in [0.15, 0.2) is 12.4 Å². The van der Waals surface area contributed by atoms with Gasteiger partial charge >= 0.3 is 0 Å². The Morgan fingerprint density at radius 3 is 2.65 bits per heavy atom. The first kappa shape index (κ1) is 19.2. The predicted octanol–water partition coefficient (Wildman–Crippen LogP) is 1.42. The molecule has 1 saturated carbocycles. The van der Waals surface area contributed by atoms with Crippen molar-refractivity contribution in [3.8, 4) is 0 Å². The summed E-state index contributed by atoms with van der Waals surface area (Å²) in [5.74, 6) is 0.855. The van der Waals surface area contributed by atoms with Crippen molar-refractivity contribution in [1.29, 1.82) is 0 Å². The van der Waals surface area contributed by atoms with Gasteiger partial charge in [0, 0.05) is 51.3 Å². The fourth-order valence-electron chi connectivity index (χ4n) is 3.67. The van der Waals surface area contributed by atoms with E-state index in [4.69, 9.17) is 11.6 Å². The van der Waals surface area contributed by atoms with Crippen LogP contribution < -0.4 is 10.6 Å². The third kappa shape index (κ3) is 5.71. The molecule has 26 heavy (non-hydrogen) atoms. The molecule has 0 unspecified atom stereocenters. The molecule has 8 heteroatoms. The quantitative estimate of drug-likeness (QED) is 0.678. The summed E-state index contributed by atoms with van der Waals surface area (Å²) in [6.07, 6.45) is 8.48. The maximum absolute atomic E-state index is 12.4. The van der Waals surface area contributed by atoms with Gasteiger partial charge in [0.05, 0.1) is 17.8 Å². The molecule has 1 aliphatic heterocycles. The Kier molecular flexibility index (Phi) is 6.53. The van der Waals surface area contributed by atoms with E-state index in [1.54, 1.807) is 24.0 Å². The van der Waals surface area contributed by atoms with Crippen LogP contribution in [0.4, 0.5) is 0 Å². The van der Waals surface area contributed by atoms with Gasteiger partial charge in [-0.25, -0.2) is 0 Å². The summed E-state index contributed by atoms with van der Waals surface area (Å²) in [7, 11) is 0. The predicted molar refractivity (Wildman–Crippen MR) is 99.8 cm³/mol. The molecule has 2 heterocycles. The first-order valence-electron chi connectivity index (χ1n) is 9.46. The van der Waals surface area contributed by atoms with Crippen LogP contribution in [0.2, 0.25) is 5.02 Å². The molecule has 1 aromatic rings. The Labute approximate surface area is 159 Å². The van der Waals surface area contributed by atoms with Gasteiger partial charge in [-0.15, -0.1) is 0 Å². The number of hydrogen-bond donors (Lipinski definition) is 2. The molecule has 2 fully saturated rings. The molecule has 7 nitrogen and oxygen atoms in total. The number of rotatable bonds is 9. The molecule has 2 amide bonds. The number of carbonyl (C=O) groups excluding carboxylic acids is 2. The van der Waals surface area contributed by atoms with Crippen LogP contribution in [0.25, 0.3) is 0 Å². The molecule has 2 N–H and O–H groups in total. The first-order chi connectivity index (χ1) is 12.5. The van der Waals surface area contributed by atoms with Gasteiger partial charge in [-0.05, 0) is 31.6 Å². The molecule has 0 radical (unpaired) electrons. The highest BCUT2D eigenvalue weighted by Gasteiger charge is 2.37. The topological polar surface area (TPSA) is 79.3 Å². The molecule has 1 aliphatic carbocycles. The Morgan fingerprint density at radius 2 is 2.00 bits per heavy atom. The van der Waals surface area contributed by atoms with Gasteiger partial charge in [0.2, 0.25) is 11.8 Å². The normalized spacial score (nSPS) is 23.2. The molecule has 0 spiro atoms. The second-order valence-corrected chi connectivity index (χ2v) is 7.87. The SMILES string of the molecule is CC(=O)NC[C@@H]1CC[C@H](CC(=O)NCCn2cc(Cl)cn2)N1CC1CC1. The monoisotopic (exact) mass is 381 g/mol. The van der Waals surface area contributed by atoms with Crippen molar-refractivity contribution in [2.24, 2.45) is 5.92 Å². The molecule has 144 valence electrons. The third-order valence-electron chi connectivity index (χ3n) is 5.21. The Hall–Kier alpha value is -1.60. The number of hydrogen-bond acceptors (Lipinski definition) is 4. The molecular formula is C18H28ClN5O2. The first-order valence-corrected chi connectivity index (χ1v) is 9.84. The van der Waals surface area contributed by atoms with E-state index in [0.29, 0.717) is 37.1 Å². The highest BCUT2D eigenvalue weighted by molar-refractivity contribution is 6.30. The number of amides is 2. The van der Waals surface area contributed by atoms with Crippen LogP contribution in [0.3, 0.4) is 0 Å². The van der Waals surface area contributed by atoms with Crippen molar-refractivity contribution in [2.75, 3.05) is 19.6 Å². The number of likely N-dealkylation sites (tertiary alicyclic amines) is 1. The maximum atomic E-state index is 12.4. The summed E-state index contributed by atoms with van der Waals surface area (Å²) in [5, 5.41) is 10.6. The van der Waals surface area contributed by atoms with Crippen molar-refractivity contribution >= 4 is 23.4 Å². The van der Waals surface area contributed by atoms with Crippen molar-refractivity contribution in [3.05, 3.63) is 17.4 Å². The third-order valence-corrected chi connectivity index (χ3v) is 5.40. The Bertz CT molecular complexity index is 631. The van der Waals surface area contributed by atoms with Gasteiger partial charge < -0.3 is 10.6 Å². The number of aromatic nitrogens is 2. The smallest absolute Gasteiger partial charge is 0.221 e. The Morgan fingerprint density at radius 1 is 1.23 bits per heavy atom. The highest BCUT2D eigenvalue weighted by Crippen LogP contribution is 2.35. The van der Waals surface area contributed by atoms with Crippen LogP contribution in [-0.2, 0) is 16.1 Å². The van der Waals surface area contributed by atoms with Crippen LogP contribution in [0.5, 0.6) is 0 Å². The fourth-order valence-corrected chi connectivity index (χ4v) is 3.82. The molecule has 1 saturated heterocycles. The lowest BCUT2D eigenvalue weighted by Crippen LogP contribution is -2.45. The zero-order chi connectivity index (χ0) is 18.5. The van der Waals surface area contributed by atoms with Crippen molar-refractivity contribution in [2.45, 2.75) is 57.7 Å². The molecule has 0 aromatic carbocycles. The average Bonchev–Trinajstić information content (AvgIpc) is 3.20. The zero-order valence-electron chi connectivity index (χ0n) is 15.3. The zero-order valence-corrected chi connectivity index (χ0v) is 16.0. The van der Waals surface area contributed by atoms with Gasteiger partial charge in [0.25, 0.3) is 0 Å². The molecular weight excluding hydrogens is 354 g/mol. The van der Waals surface area contributed by atoms with Crippen LogP contribution in [-0.4, -0.2) is 58.2 Å². The van der Waals surface area contributed by atoms with E-state index in [2.05, 4.69) is 20.6 Å². The van der Waals surface area contributed by atoms with Crippen molar-refractivity contribution in [3.63, 3.8) is 0 Å². The summed E-state index contributed by atoms with van der Waals surface area (Å²) < 4.78 is 1.72. The van der Waals surface area contributed by atoms with E-state index in [0.717, 1.165) is 25.3 Å². The second kappa shape index (κ2) is 8.86. The fraction of sp³-hybridized carbons (Fsp3) is 0.722. The lowest BCUT2D eigenvalue weighted by atomic mass is 10.1. The molecule has 1 aromatic heterocycles. The summed E-state index contributed by atoms with van der Waals surface area (Å²) in [5.41, 5.74) is 0. The lowest BCUT2D eigenvalue weighted by molar-refractivity contribution is -0.122. The van der Waals surface area contributed by atoms with E-state index in [-0.39, 0.29) is 17.9 Å². The Balaban J connectivity index is 1.45. The summed E-state index contributed by atoms with van der Waals surface area (Å²) in [6, 6.07) is 0.622. The average molecular weight is 382 g/mol. The molecule has 0 bridgehead atoms. The van der Waals surface area contributed by atoms with Crippen LogP contribution >= 0.6 is 11.6 Å². The summed E-state index contributed by atoms with van der Waals surface area (Å²) in [6.45, 7) is 4.44. The minimum absolute atomic E-state index is 0.0105. The van der Waals surface area contributed by atoms with Crippen molar-refractivity contribution in [1.82, 2.24) is 25.3 Å². The number of carbonyl (C=O) groups is 2. The standard InChI is InChI=1S/C18H28ClN5O2/c1-13(25)21-10-17-5-4-16(24(17)11-14-2-3-14)8-18(26)20-6-7-23-12-15(19)9-22-23/h9,12,14,16-17H,2-8,10-11H2,1H3,(H,20,26)(H,21,25)/t16-,17+/m1/s1. The lowest BCUT2D eigenvalue weighted by Gasteiger charge is -2.30. The molecule has 2 atom stereocenters. The summed E-state index contributed by atoms with van der Waals surface area (Å²) >= 11 is 5.83. The van der Waals surface area contributed by atoms with Gasteiger partial charge in [0.1, 0.15) is 0 Å². The number of nitrogens with zero attached hydrogens (tertiary/aromatic N) is 3. The maximum Gasteiger partial charge on any atom is 0.221 e. The van der Waals surface area contributed by atoms with E-state index < -0.39 is 0 Å². The molecule has 2 aliphatic rings. The van der Waals surface area contributed by atoms with E-state index in [1.165, 1.54) is 12.8 Å². The number of halogens is 1. The minimum atomic E-state index is 0.0105. The van der Waals surface area contributed by atoms with Crippen LogP contribution in [0.1, 0.15) is 39.0 Å². The van der Waals surface area contributed by atoms with Crippen LogP contribution in [0, 0.1) is 5.92 Å². The minimum Gasteiger partial charge on any atom is -0.355 e. The van der Waals surface area contributed by atoms with Gasteiger partial charge in [-0.2, -0.15) is 5.10 Å². The molecule has 3 rings (SSSR count). The van der Waals surface area contributed by atoms with Gasteiger partial charge in [-0.3, -0.25) is 19.2 Å². The van der Waals surface area contributed by atoms with E-state index in [9.17, 15) is 9.59 Å². The second-order valence-electron chi connectivity index (χ2n) is 7.44. The van der Waals surface area contributed by atoms with E-state index >= 15 is 0 Å². The van der Waals surface area contributed by atoms with Gasteiger partial charge in [0.15, 0.2) is 0 Å². The summed E-state index contributed by atoms with van der Waals surface area (Å²) in [4.78, 5) is 26.0. The van der Waals surface area contributed by atoms with Crippen molar-refractivity contribution < 1.29 is 9.59 Å². The number of nitrogens with one attached hydrogen (secondary N) is 2. The van der Waals surface area contributed by atoms with E-state index in [1.807, 2.05) is 0 Å². The largest absolute Gasteiger partial charge is 0.355 e.